The van der Waals surface area contributed by atoms with Crippen LogP contribution in [0.25, 0.3) is 0 Å². The standard InChI is InChI=1S/C9H7N3OS/c10-9-6(2-1-3-12-9)8(13)7-4-11-5-14-7/h1-5H,(H2,10,12). The highest BCUT2D eigenvalue weighted by molar-refractivity contribution is 7.11. The molecule has 0 spiro atoms. The number of pyridine rings is 1. The summed E-state index contributed by atoms with van der Waals surface area (Å²) in [4.78, 5) is 20.0. The summed E-state index contributed by atoms with van der Waals surface area (Å²) < 4.78 is 0. The lowest BCUT2D eigenvalue weighted by molar-refractivity contribution is 0.104. The Morgan fingerprint density at radius 1 is 1.50 bits per heavy atom. The Hall–Kier alpha value is -1.75. The third-order valence-corrected chi connectivity index (χ3v) is 2.51. The second kappa shape index (κ2) is 3.55. The fourth-order valence-electron chi connectivity index (χ4n) is 1.07. The molecule has 2 heterocycles. The van der Waals surface area contributed by atoms with Gasteiger partial charge in [0.25, 0.3) is 0 Å². The molecule has 0 aromatic carbocycles. The van der Waals surface area contributed by atoms with E-state index in [0.717, 1.165) is 0 Å². The average Bonchev–Trinajstić information content (AvgIpc) is 2.70. The van der Waals surface area contributed by atoms with Gasteiger partial charge in [-0.3, -0.25) is 9.78 Å². The van der Waals surface area contributed by atoms with Gasteiger partial charge >= 0.3 is 0 Å². The molecule has 70 valence electrons. The molecule has 0 aliphatic heterocycles. The molecular weight excluding hydrogens is 198 g/mol. The number of carbonyl (C=O) groups excluding carboxylic acids is 1. The molecule has 0 radical (unpaired) electrons. The summed E-state index contributed by atoms with van der Waals surface area (Å²) in [5.74, 6) is 0.129. The molecule has 0 unspecified atom stereocenters. The molecule has 0 atom stereocenters. The second-order valence-corrected chi connectivity index (χ2v) is 3.52. The first-order chi connectivity index (χ1) is 6.79. The summed E-state index contributed by atoms with van der Waals surface area (Å²) in [5.41, 5.74) is 7.62. The first kappa shape index (κ1) is 8.83. The highest BCUT2D eigenvalue weighted by Gasteiger charge is 2.13. The summed E-state index contributed by atoms with van der Waals surface area (Å²) >= 11 is 1.29. The normalized spacial score (nSPS) is 10.0. The van der Waals surface area contributed by atoms with Crippen LogP contribution in [0.4, 0.5) is 5.82 Å². The first-order valence-corrected chi connectivity index (χ1v) is 4.80. The van der Waals surface area contributed by atoms with Crippen LogP contribution >= 0.6 is 11.3 Å². The van der Waals surface area contributed by atoms with Gasteiger partial charge in [0.1, 0.15) is 5.82 Å². The van der Waals surface area contributed by atoms with Crippen LogP contribution in [-0.4, -0.2) is 15.8 Å². The Morgan fingerprint density at radius 2 is 2.36 bits per heavy atom. The van der Waals surface area contributed by atoms with Gasteiger partial charge in [-0.05, 0) is 12.1 Å². The zero-order chi connectivity index (χ0) is 9.97. The van der Waals surface area contributed by atoms with Crippen molar-refractivity contribution in [3.05, 3.63) is 40.5 Å². The summed E-state index contributed by atoms with van der Waals surface area (Å²) in [7, 11) is 0. The molecule has 0 saturated carbocycles. The van der Waals surface area contributed by atoms with Crippen molar-refractivity contribution in [2.75, 3.05) is 5.73 Å². The van der Waals surface area contributed by atoms with E-state index in [2.05, 4.69) is 9.97 Å². The van der Waals surface area contributed by atoms with Crippen molar-refractivity contribution >= 4 is 22.9 Å². The third kappa shape index (κ3) is 1.49. The van der Waals surface area contributed by atoms with Crippen LogP contribution in [0.1, 0.15) is 15.2 Å². The van der Waals surface area contributed by atoms with E-state index in [9.17, 15) is 4.79 Å². The smallest absolute Gasteiger partial charge is 0.208 e. The molecule has 4 nitrogen and oxygen atoms in total. The number of ketones is 1. The van der Waals surface area contributed by atoms with E-state index in [1.807, 2.05) is 0 Å². The molecule has 2 aromatic heterocycles. The number of carbonyl (C=O) groups is 1. The maximum absolute atomic E-state index is 11.8. The van der Waals surface area contributed by atoms with E-state index in [-0.39, 0.29) is 11.6 Å². The van der Waals surface area contributed by atoms with Gasteiger partial charge in [-0.2, -0.15) is 0 Å². The monoisotopic (exact) mass is 205 g/mol. The van der Waals surface area contributed by atoms with Crippen molar-refractivity contribution < 1.29 is 4.79 Å². The molecule has 0 aliphatic carbocycles. The van der Waals surface area contributed by atoms with Crippen LogP contribution in [0.15, 0.2) is 30.0 Å². The Balaban J connectivity index is 2.42. The van der Waals surface area contributed by atoms with Gasteiger partial charge in [-0.25, -0.2) is 4.98 Å². The maximum atomic E-state index is 11.8. The van der Waals surface area contributed by atoms with Crippen LogP contribution in [0, 0.1) is 0 Å². The third-order valence-electron chi connectivity index (χ3n) is 1.74. The van der Waals surface area contributed by atoms with Crippen LogP contribution in [0.5, 0.6) is 0 Å². The maximum Gasteiger partial charge on any atom is 0.208 e. The molecule has 5 heteroatoms. The Bertz CT molecular complexity index is 453. The summed E-state index contributed by atoms with van der Waals surface area (Å²) in [5, 5.41) is 0. The van der Waals surface area contributed by atoms with Crippen molar-refractivity contribution in [1.82, 2.24) is 9.97 Å². The highest BCUT2D eigenvalue weighted by atomic mass is 32.1. The van der Waals surface area contributed by atoms with E-state index >= 15 is 0 Å². The number of anilines is 1. The molecule has 2 rings (SSSR count). The number of rotatable bonds is 2. The minimum atomic E-state index is -0.127. The quantitative estimate of drug-likeness (QED) is 0.751. The van der Waals surface area contributed by atoms with E-state index < -0.39 is 0 Å². The van der Waals surface area contributed by atoms with Crippen molar-refractivity contribution in [2.45, 2.75) is 0 Å². The van der Waals surface area contributed by atoms with Gasteiger partial charge in [0.2, 0.25) is 5.78 Å². The van der Waals surface area contributed by atoms with Crippen molar-refractivity contribution in [1.29, 1.82) is 0 Å². The Morgan fingerprint density at radius 3 is 3.00 bits per heavy atom. The molecular formula is C9H7N3OS. The number of hydrogen-bond acceptors (Lipinski definition) is 5. The van der Waals surface area contributed by atoms with E-state index in [4.69, 9.17) is 5.73 Å². The van der Waals surface area contributed by atoms with E-state index in [1.54, 1.807) is 23.8 Å². The van der Waals surface area contributed by atoms with Gasteiger partial charge in [-0.15, -0.1) is 11.3 Å². The molecule has 2 aromatic rings. The number of nitrogens with zero attached hydrogens (tertiary/aromatic N) is 2. The lowest BCUT2D eigenvalue weighted by Gasteiger charge is -1.99. The second-order valence-electron chi connectivity index (χ2n) is 2.63. The average molecular weight is 205 g/mol. The number of aromatic nitrogens is 2. The van der Waals surface area contributed by atoms with Gasteiger partial charge in [0, 0.05) is 12.4 Å². The Labute approximate surface area is 84.4 Å². The predicted octanol–water partition coefficient (Wildman–Crippen LogP) is 1.35. The molecule has 0 bridgehead atoms. The van der Waals surface area contributed by atoms with Crippen LogP contribution in [0.2, 0.25) is 0 Å². The highest BCUT2D eigenvalue weighted by Crippen LogP contribution is 2.16. The topological polar surface area (TPSA) is 68.9 Å². The SMILES string of the molecule is Nc1ncccc1C(=O)c1cncs1. The van der Waals surface area contributed by atoms with Crippen molar-refractivity contribution in [2.24, 2.45) is 0 Å². The number of thiazole rings is 1. The van der Waals surface area contributed by atoms with Crippen LogP contribution in [-0.2, 0) is 0 Å². The summed E-state index contributed by atoms with van der Waals surface area (Å²) in [6.07, 6.45) is 3.08. The lowest BCUT2D eigenvalue weighted by Crippen LogP contribution is -2.04. The minimum absolute atomic E-state index is 0.127. The van der Waals surface area contributed by atoms with E-state index in [1.165, 1.54) is 17.5 Å². The van der Waals surface area contributed by atoms with Gasteiger partial charge in [0.15, 0.2) is 0 Å². The lowest BCUT2D eigenvalue weighted by atomic mass is 10.1. The van der Waals surface area contributed by atoms with Gasteiger partial charge in [0.05, 0.1) is 16.0 Å². The summed E-state index contributed by atoms with van der Waals surface area (Å²) in [6.45, 7) is 0. The van der Waals surface area contributed by atoms with Crippen molar-refractivity contribution in [3.8, 4) is 0 Å². The zero-order valence-corrected chi connectivity index (χ0v) is 7.99. The van der Waals surface area contributed by atoms with Crippen LogP contribution in [0.3, 0.4) is 0 Å². The minimum Gasteiger partial charge on any atom is -0.383 e. The zero-order valence-electron chi connectivity index (χ0n) is 7.18. The van der Waals surface area contributed by atoms with Crippen molar-refractivity contribution in [3.63, 3.8) is 0 Å². The number of hydrogen-bond donors (Lipinski definition) is 1. The molecule has 14 heavy (non-hydrogen) atoms. The Kier molecular flexibility index (Phi) is 2.24. The van der Waals surface area contributed by atoms with Gasteiger partial charge < -0.3 is 5.73 Å². The number of nitrogens with two attached hydrogens (primary N) is 1. The molecule has 0 saturated heterocycles. The van der Waals surface area contributed by atoms with E-state index in [0.29, 0.717) is 10.4 Å². The molecule has 2 N–H and O–H groups in total. The fraction of sp³-hybridized carbons (Fsp3) is 0. The molecule has 0 aliphatic rings. The molecule has 0 amide bonds. The first-order valence-electron chi connectivity index (χ1n) is 3.92. The predicted molar refractivity (Wildman–Crippen MR) is 54.2 cm³/mol. The molecule has 0 fully saturated rings. The largest absolute Gasteiger partial charge is 0.383 e. The number of nitrogen functional groups attached to an aromatic ring is 1. The summed E-state index contributed by atoms with van der Waals surface area (Å²) in [6, 6.07) is 3.34. The van der Waals surface area contributed by atoms with Crippen LogP contribution < -0.4 is 5.73 Å². The van der Waals surface area contributed by atoms with Gasteiger partial charge in [-0.1, -0.05) is 0 Å². The fourth-order valence-corrected chi connectivity index (χ4v) is 1.64.